The van der Waals surface area contributed by atoms with Crippen molar-refractivity contribution in [3.05, 3.63) is 121 Å². The fourth-order valence-corrected chi connectivity index (χ4v) is 7.25. The van der Waals surface area contributed by atoms with Crippen molar-refractivity contribution >= 4 is 58.4 Å². The summed E-state index contributed by atoms with van der Waals surface area (Å²) in [6.45, 7) is 4.68. The summed E-state index contributed by atoms with van der Waals surface area (Å²) < 4.78 is 39.4. The first-order valence-electron chi connectivity index (χ1n) is 20.7. The highest BCUT2D eigenvalue weighted by Crippen LogP contribution is 2.27. The summed E-state index contributed by atoms with van der Waals surface area (Å²) in [6.07, 6.45) is 5.57. The summed E-state index contributed by atoms with van der Waals surface area (Å²) in [4.78, 5) is 56.3. The molecule has 0 radical (unpaired) electrons. The molecule has 2 saturated heterocycles. The minimum Gasteiger partial charge on any atom is -0.490 e. The number of ether oxygens (including phenoxy) is 2. The molecule has 2 fully saturated rings. The predicted molar refractivity (Wildman–Crippen MR) is 235 cm³/mol. The molecule has 4 heterocycles. The van der Waals surface area contributed by atoms with Gasteiger partial charge in [-0.3, -0.25) is 9.59 Å². The van der Waals surface area contributed by atoms with Crippen molar-refractivity contribution in [2.24, 2.45) is 0 Å². The average molecular weight is 857 g/mol. The zero-order valence-corrected chi connectivity index (χ0v) is 34.5. The quantitative estimate of drug-likeness (QED) is 0.0792. The van der Waals surface area contributed by atoms with Crippen LogP contribution in [0.25, 0.3) is 0 Å². The van der Waals surface area contributed by atoms with Gasteiger partial charge in [0, 0.05) is 93.5 Å². The number of rotatable bonds is 15. The maximum atomic E-state index is 14.1. The molecule has 2 aliphatic rings. The van der Waals surface area contributed by atoms with Crippen molar-refractivity contribution in [1.82, 2.24) is 29.9 Å². The molecule has 2 aliphatic heterocycles. The van der Waals surface area contributed by atoms with Crippen LogP contribution < -0.4 is 40.5 Å². The highest BCUT2D eigenvalue weighted by Gasteiger charge is 2.25. The predicted octanol–water partition coefficient (Wildman–Crippen LogP) is 7.58. The van der Waals surface area contributed by atoms with Gasteiger partial charge in [0.2, 0.25) is 35.6 Å². The number of carbonyl (C=O) groups is 2. The molecule has 324 valence electrons. The van der Waals surface area contributed by atoms with Crippen LogP contribution in [0.5, 0.6) is 11.5 Å². The fourth-order valence-electron chi connectivity index (χ4n) is 7.25. The molecule has 0 spiro atoms. The van der Waals surface area contributed by atoms with Crippen LogP contribution in [-0.2, 0) is 9.59 Å². The van der Waals surface area contributed by atoms with Gasteiger partial charge in [-0.25, -0.2) is 28.7 Å². The smallest absolute Gasteiger partial charge is 0.231 e. The molecule has 4 N–H and O–H groups in total. The van der Waals surface area contributed by atoms with Gasteiger partial charge >= 0.3 is 0 Å². The molecule has 4 aromatic carbocycles. The second kappa shape index (κ2) is 19.9. The van der Waals surface area contributed by atoms with Crippen LogP contribution >= 0.6 is 0 Å². The van der Waals surface area contributed by atoms with E-state index in [-0.39, 0.29) is 42.6 Å². The molecule has 0 unspecified atom stereocenters. The Morgan fingerprint density at radius 3 is 1.60 bits per heavy atom. The molecule has 63 heavy (non-hydrogen) atoms. The van der Waals surface area contributed by atoms with Crippen LogP contribution in [0, 0.1) is 18.6 Å². The van der Waals surface area contributed by atoms with E-state index in [4.69, 9.17) is 9.47 Å². The second-order valence-corrected chi connectivity index (χ2v) is 15.2. The standard InChI is InChI=1S/C45H46F2N12O4/c1-29-6-2-3-11-38(29)62-35-16-20-58(21-17-35)44-50-27-48-42(56-44)54-33-9-4-7-31(25-33)52-40(60)14-15-41(61)53-32-8-5-10-34(26-32)55-43-49-28-51-45(57-43)59-22-18-36(19-23-59)63-39-13-12-30(46)24-37(39)47/h2-13,24-28,35-36H,14-23H2,1H3,(H,52,60)(H,53,61)(H,48,50,54,56)(H,49,51,55,57). The number of amides is 2. The Kier molecular flexibility index (Phi) is 13.3. The van der Waals surface area contributed by atoms with Gasteiger partial charge in [-0.05, 0) is 67.1 Å². The van der Waals surface area contributed by atoms with E-state index >= 15 is 0 Å². The average Bonchev–Trinajstić information content (AvgIpc) is 3.28. The van der Waals surface area contributed by atoms with E-state index in [1.54, 1.807) is 42.5 Å². The minimum atomic E-state index is -0.731. The SMILES string of the molecule is Cc1ccccc1OC1CCN(c2ncnc(Nc3cccc(NC(=O)CCC(=O)Nc4cccc(Nc5ncnc(N6CCC(Oc7ccc(F)cc7F)CC6)n5)c4)c3)n2)CC1. The normalized spacial score (nSPS) is 14.5. The highest BCUT2D eigenvalue weighted by atomic mass is 19.1. The number of hydrogen-bond donors (Lipinski definition) is 4. The van der Waals surface area contributed by atoms with E-state index in [1.165, 1.54) is 24.8 Å². The molecule has 8 rings (SSSR count). The Morgan fingerprint density at radius 1 is 0.603 bits per heavy atom. The van der Waals surface area contributed by atoms with Gasteiger partial charge in [0.15, 0.2) is 11.6 Å². The molecule has 2 amide bonds. The lowest BCUT2D eigenvalue weighted by atomic mass is 10.1. The lowest BCUT2D eigenvalue weighted by Gasteiger charge is -2.32. The lowest BCUT2D eigenvalue weighted by Crippen LogP contribution is -2.39. The Bertz CT molecular complexity index is 2540. The fraction of sp³-hybridized carbons (Fsp3) is 0.289. The van der Waals surface area contributed by atoms with Crippen molar-refractivity contribution in [3.63, 3.8) is 0 Å². The molecule has 18 heteroatoms. The number of nitrogens with one attached hydrogen (secondary N) is 4. The second-order valence-electron chi connectivity index (χ2n) is 15.2. The molecule has 0 bridgehead atoms. The lowest BCUT2D eigenvalue weighted by molar-refractivity contribution is -0.121. The minimum absolute atomic E-state index is 0.0255. The Balaban J connectivity index is 0.768. The summed E-state index contributed by atoms with van der Waals surface area (Å²) in [5.41, 5.74) is 3.49. The molecule has 2 aromatic heterocycles. The van der Waals surface area contributed by atoms with Crippen molar-refractivity contribution in [1.29, 1.82) is 0 Å². The van der Waals surface area contributed by atoms with E-state index in [9.17, 15) is 18.4 Å². The van der Waals surface area contributed by atoms with Gasteiger partial charge in [-0.1, -0.05) is 30.3 Å². The summed E-state index contributed by atoms with van der Waals surface area (Å²) in [5, 5.41) is 12.1. The number of para-hydroxylation sites is 1. The number of benzene rings is 4. The Labute approximate surface area is 362 Å². The molecule has 0 aliphatic carbocycles. The highest BCUT2D eigenvalue weighted by molar-refractivity contribution is 5.97. The number of aryl methyl sites for hydroxylation is 1. The van der Waals surface area contributed by atoms with Gasteiger partial charge in [-0.15, -0.1) is 0 Å². The number of hydrogen-bond acceptors (Lipinski definition) is 14. The van der Waals surface area contributed by atoms with Crippen LogP contribution in [0.15, 0.2) is 104 Å². The number of nitrogens with zero attached hydrogens (tertiary/aromatic N) is 8. The van der Waals surface area contributed by atoms with E-state index in [1.807, 2.05) is 42.2 Å². The summed E-state index contributed by atoms with van der Waals surface area (Å²) >= 11 is 0. The molecular weight excluding hydrogens is 811 g/mol. The van der Waals surface area contributed by atoms with Crippen molar-refractivity contribution < 1.29 is 27.8 Å². The third-order valence-corrected chi connectivity index (χ3v) is 10.5. The van der Waals surface area contributed by atoms with E-state index in [2.05, 4.69) is 56.1 Å². The molecule has 6 aromatic rings. The topological polar surface area (TPSA) is 185 Å². The van der Waals surface area contributed by atoms with E-state index in [0.717, 1.165) is 43.3 Å². The molecule has 0 saturated carbocycles. The monoisotopic (exact) mass is 856 g/mol. The van der Waals surface area contributed by atoms with Crippen LogP contribution in [-0.4, -0.2) is 80.1 Å². The van der Waals surface area contributed by atoms with Crippen LogP contribution in [0.2, 0.25) is 0 Å². The molecule has 0 atom stereocenters. The largest absolute Gasteiger partial charge is 0.490 e. The number of carbonyl (C=O) groups excluding carboxylic acids is 2. The van der Waals surface area contributed by atoms with Crippen molar-refractivity contribution in [2.45, 2.75) is 57.7 Å². The maximum Gasteiger partial charge on any atom is 0.231 e. The molecule has 16 nitrogen and oxygen atoms in total. The number of anilines is 8. The third-order valence-electron chi connectivity index (χ3n) is 10.5. The van der Waals surface area contributed by atoms with Crippen LogP contribution in [0.3, 0.4) is 0 Å². The van der Waals surface area contributed by atoms with E-state index in [0.29, 0.717) is 72.5 Å². The van der Waals surface area contributed by atoms with Gasteiger partial charge < -0.3 is 40.5 Å². The van der Waals surface area contributed by atoms with Gasteiger partial charge in [-0.2, -0.15) is 9.97 Å². The van der Waals surface area contributed by atoms with E-state index < -0.39 is 11.6 Å². The first kappa shape index (κ1) is 42.2. The van der Waals surface area contributed by atoms with Crippen molar-refractivity contribution in [2.75, 3.05) is 57.2 Å². The van der Waals surface area contributed by atoms with Gasteiger partial charge in [0.25, 0.3) is 0 Å². The maximum absolute atomic E-state index is 14.1. The number of halogens is 2. The summed E-state index contributed by atoms with van der Waals surface area (Å²) in [7, 11) is 0. The van der Waals surface area contributed by atoms with Crippen LogP contribution in [0.1, 0.15) is 44.1 Å². The zero-order chi connectivity index (χ0) is 43.5. The zero-order valence-electron chi connectivity index (χ0n) is 34.5. The summed E-state index contributed by atoms with van der Waals surface area (Å²) in [6, 6.07) is 25.5. The first-order valence-corrected chi connectivity index (χ1v) is 20.7. The van der Waals surface area contributed by atoms with Gasteiger partial charge in [0.05, 0.1) is 0 Å². The third kappa shape index (κ3) is 11.7. The van der Waals surface area contributed by atoms with Crippen molar-refractivity contribution in [3.8, 4) is 11.5 Å². The summed E-state index contributed by atoms with van der Waals surface area (Å²) in [5.74, 6) is 0.626. The van der Waals surface area contributed by atoms with Gasteiger partial charge in [0.1, 0.15) is 36.4 Å². The first-order chi connectivity index (χ1) is 30.7. The Morgan fingerprint density at radius 2 is 1.10 bits per heavy atom. The van der Waals surface area contributed by atoms with Crippen LogP contribution in [0.4, 0.5) is 55.3 Å². The molecular formula is C45H46F2N12O4. The number of piperidine rings is 2. The Hall–Kier alpha value is -7.50. The number of aromatic nitrogens is 6.